The van der Waals surface area contributed by atoms with E-state index in [-0.39, 0.29) is 18.2 Å². The Morgan fingerprint density at radius 2 is 1.86 bits per heavy atom. The van der Waals surface area contributed by atoms with Gasteiger partial charge in [0, 0.05) is 34.7 Å². The summed E-state index contributed by atoms with van der Waals surface area (Å²) in [6, 6.07) is 10.6. The molecule has 2 atom stereocenters. The lowest BCUT2D eigenvalue weighted by atomic mass is 9.99. The summed E-state index contributed by atoms with van der Waals surface area (Å²) < 4.78 is 45.5. The fraction of sp³-hybridized carbons (Fsp3) is 0.400. The van der Waals surface area contributed by atoms with Gasteiger partial charge in [-0.15, -0.1) is 0 Å². The zero-order chi connectivity index (χ0) is 19.9. The number of ether oxygens (including phenoxy) is 1. The van der Waals surface area contributed by atoms with E-state index in [4.69, 9.17) is 4.74 Å². The van der Waals surface area contributed by atoms with Gasteiger partial charge in [-0.25, -0.2) is 4.98 Å². The number of nitrogens with zero attached hydrogens (tertiary/aromatic N) is 3. The molecule has 2 fully saturated rings. The topological polar surface area (TPSA) is 49.1 Å². The van der Waals surface area contributed by atoms with Crippen molar-refractivity contribution in [1.82, 2.24) is 4.98 Å². The minimum Gasteiger partial charge on any atom is -0.489 e. The number of hydrogen-bond donors (Lipinski definition) is 0. The molecule has 0 N–H and O–H groups in total. The van der Waals surface area contributed by atoms with E-state index in [9.17, 15) is 18.4 Å². The predicted molar refractivity (Wildman–Crippen MR) is 106 cm³/mol. The van der Waals surface area contributed by atoms with Crippen molar-refractivity contribution < 1.29 is 17.9 Å². The molecule has 4 rings (SSSR count). The van der Waals surface area contributed by atoms with Gasteiger partial charge in [0.15, 0.2) is 0 Å². The number of piperidine rings is 1. The van der Waals surface area contributed by atoms with E-state index in [0.717, 1.165) is 41.5 Å². The molecule has 0 saturated carbocycles. The molecular formula is C20H17F3IN3O. The monoisotopic (exact) mass is 499 g/mol. The first-order valence-corrected chi connectivity index (χ1v) is 10.1. The van der Waals surface area contributed by atoms with Crippen molar-refractivity contribution in [3.8, 4) is 11.8 Å². The van der Waals surface area contributed by atoms with Crippen LogP contribution in [0.1, 0.15) is 36.8 Å². The summed E-state index contributed by atoms with van der Waals surface area (Å²) in [4.78, 5) is 6.22. The summed E-state index contributed by atoms with van der Waals surface area (Å²) >= 11 is 2.16. The van der Waals surface area contributed by atoms with E-state index >= 15 is 0 Å². The SMILES string of the molecule is N#Cc1cc(I)ccc1OC1CC2CCC(C1)N2c1ccc(C(F)(F)F)cn1. The van der Waals surface area contributed by atoms with Crippen LogP contribution < -0.4 is 9.64 Å². The summed E-state index contributed by atoms with van der Waals surface area (Å²) in [6.45, 7) is 0. The Kier molecular flexibility index (Phi) is 5.12. The lowest BCUT2D eigenvalue weighted by Crippen LogP contribution is -2.46. The maximum atomic E-state index is 12.8. The van der Waals surface area contributed by atoms with Crippen molar-refractivity contribution in [2.45, 2.75) is 50.0 Å². The van der Waals surface area contributed by atoms with Gasteiger partial charge in [-0.3, -0.25) is 0 Å². The Labute approximate surface area is 174 Å². The first kappa shape index (κ1) is 19.3. The highest BCUT2D eigenvalue weighted by atomic mass is 127. The summed E-state index contributed by atoms with van der Waals surface area (Å²) in [5.74, 6) is 1.18. The molecule has 8 heteroatoms. The van der Waals surface area contributed by atoms with Gasteiger partial charge >= 0.3 is 6.18 Å². The number of anilines is 1. The normalized spacial score (nSPS) is 24.1. The lowest BCUT2D eigenvalue weighted by molar-refractivity contribution is -0.137. The second kappa shape index (κ2) is 7.43. The number of hydrogen-bond acceptors (Lipinski definition) is 4. The molecule has 2 aromatic rings. The number of aromatic nitrogens is 1. The van der Waals surface area contributed by atoms with Gasteiger partial charge in [-0.1, -0.05) is 0 Å². The molecule has 3 heterocycles. The third-order valence-electron chi connectivity index (χ3n) is 5.39. The first-order chi connectivity index (χ1) is 13.3. The Balaban J connectivity index is 1.49. The Morgan fingerprint density at radius 3 is 2.43 bits per heavy atom. The molecule has 0 amide bonds. The maximum Gasteiger partial charge on any atom is 0.417 e. The Morgan fingerprint density at radius 1 is 1.14 bits per heavy atom. The standard InChI is InChI=1S/C20H17F3IN3O/c21-20(22,23)13-1-6-19(26-11-13)27-15-3-4-16(27)9-17(8-15)28-18-5-2-14(24)7-12(18)10-25/h1-2,5-7,11,15-17H,3-4,8-9H2. The summed E-state index contributed by atoms with van der Waals surface area (Å²) in [5, 5.41) is 9.33. The third kappa shape index (κ3) is 3.77. The molecule has 0 aliphatic carbocycles. The van der Waals surface area contributed by atoms with E-state index in [1.54, 1.807) is 6.07 Å². The quantitative estimate of drug-likeness (QED) is 0.548. The van der Waals surface area contributed by atoms with E-state index in [1.165, 1.54) is 6.07 Å². The van der Waals surface area contributed by atoms with Gasteiger partial charge in [0.05, 0.1) is 11.1 Å². The molecule has 2 aliphatic heterocycles. The van der Waals surface area contributed by atoms with Crippen LogP contribution in [0, 0.1) is 14.9 Å². The van der Waals surface area contributed by atoms with Crippen LogP contribution in [0.15, 0.2) is 36.5 Å². The summed E-state index contributed by atoms with van der Waals surface area (Å²) in [5.41, 5.74) is -0.212. The van der Waals surface area contributed by atoms with Crippen molar-refractivity contribution in [3.05, 3.63) is 51.2 Å². The van der Waals surface area contributed by atoms with Gasteiger partial charge in [0.2, 0.25) is 0 Å². The van der Waals surface area contributed by atoms with Crippen LogP contribution in [-0.2, 0) is 6.18 Å². The largest absolute Gasteiger partial charge is 0.489 e. The number of alkyl halides is 3. The molecule has 2 aliphatic rings. The Hall–Kier alpha value is -2.02. The van der Waals surface area contributed by atoms with Crippen molar-refractivity contribution in [2.24, 2.45) is 0 Å². The summed E-state index contributed by atoms with van der Waals surface area (Å²) in [7, 11) is 0. The van der Waals surface area contributed by atoms with E-state index in [2.05, 4.69) is 38.5 Å². The van der Waals surface area contributed by atoms with Gasteiger partial charge in [0.25, 0.3) is 0 Å². The number of nitriles is 1. The number of halogens is 4. The zero-order valence-corrected chi connectivity index (χ0v) is 16.9. The van der Waals surface area contributed by atoms with Crippen LogP contribution in [-0.4, -0.2) is 23.2 Å². The van der Waals surface area contributed by atoms with Gasteiger partial charge in [0.1, 0.15) is 23.7 Å². The van der Waals surface area contributed by atoms with Crippen LogP contribution in [0.25, 0.3) is 0 Å². The highest BCUT2D eigenvalue weighted by molar-refractivity contribution is 14.1. The minimum atomic E-state index is -4.38. The fourth-order valence-electron chi connectivity index (χ4n) is 4.18. The average Bonchev–Trinajstić information content (AvgIpc) is 2.93. The highest BCUT2D eigenvalue weighted by Crippen LogP contribution is 2.40. The molecular weight excluding hydrogens is 482 g/mol. The van der Waals surface area contributed by atoms with Gasteiger partial charge in [-0.2, -0.15) is 18.4 Å². The van der Waals surface area contributed by atoms with Gasteiger partial charge in [-0.05, 0) is 65.8 Å². The summed E-state index contributed by atoms with van der Waals surface area (Å²) in [6.07, 6.45) is -0.0444. The molecule has 0 spiro atoms. The second-order valence-electron chi connectivity index (χ2n) is 7.16. The van der Waals surface area contributed by atoms with E-state index in [1.807, 2.05) is 12.1 Å². The number of rotatable bonds is 3. The molecule has 146 valence electrons. The first-order valence-electron chi connectivity index (χ1n) is 9.03. The third-order valence-corrected chi connectivity index (χ3v) is 6.06. The van der Waals surface area contributed by atoms with Crippen molar-refractivity contribution in [2.75, 3.05) is 4.90 Å². The molecule has 1 aromatic carbocycles. The van der Waals surface area contributed by atoms with Crippen LogP contribution in [0.2, 0.25) is 0 Å². The van der Waals surface area contributed by atoms with E-state index in [0.29, 0.717) is 17.1 Å². The van der Waals surface area contributed by atoms with Crippen molar-refractivity contribution >= 4 is 28.4 Å². The van der Waals surface area contributed by atoms with Crippen molar-refractivity contribution in [1.29, 1.82) is 5.26 Å². The molecule has 4 nitrogen and oxygen atoms in total. The molecule has 0 radical (unpaired) electrons. The van der Waals surface area contributed by atoms with E-state index < -0.39 is 11.7 Å². The molecule has 2 bridgehead atoms. The van der Waals surface area contributed by atoms with Crippen LogP contribution in [0.3, 0.4) is 0 Å². The number of fused-ring (bicyclic) bond motifs is 2. The molecule has 28 heavy (non-hydrogen) atoms. The predicted octanol–water partition coefficient (Wildman–Crippen LogP) is 5.16. The molecule has 2 unspecified atom stereocenters. The molecule has 1 aromatic heterocycles. The lowest BCUT2D eigenvalue weighted by Gasteiger charge is -2.39. The zero-order valence-electron chi connectivity index (χ0n) is 14.8. The van der Waals surface area contributed by atoms with Crippen LogP contribution in [0.4, 0.5) is 19.0 Å². The molecule has 2 saturated heterocycles. The average molecular weight is 499 g/mol. The fourth-order valence-corrected chi connectivity index (χ4v) is 4.67. The second-order valence-corrected chi connectivity index (χ2v) is 8.40. The van der Waals surface area contributed by atoms with Crippen molar-refractivity contribution in [3.63, 3.8) is 0 Å². The van der Waals surface area contributed by atoms with Crippen LogP contribution >= 0.6 is 22.6 Å². The smallest absolute Gasteiger partial charge is 0.417 e. The Bertz CT molecular complexity index is 896. The number of benzene rings is 1. The minimum absolute atomic E-state index is 0.0182. The van der Waals surface area contributed by atoms with Gasteiger partial charge < -0.3 is 9.64 Å². The maximum absolute atomic E-state index is 12.8. The van der Waals surface area contributed by atoms with Crippen LogP contribution in [0.5, 0.6) is 5.75 Å². The number of pyridine rings is 1. The highest BCUT2D eigenvalue weighted by Gasteiger charge is 2.42.